The van der Waals surface area contributed by atoms with Crippen molar-refractivity contribution in [1.29, 1.82) is 0 Å². The lowest BCUT2D eigenvalue weighted by Crippen LogP contribution is -2.38. The molecule has 0 aliphatic rings. The molecule has 0 saturated carbocycles. The molecule has 0 aliphatic heterocycles. The van der Waals surface area contributed by atoms with Gasteiger partial charge in [-0.2, -0.15) is 0 Å². The van der Waals surface area contributed by atoms with Crippen LogP contribution in [0, 0.1) is 12.8 Å². The molecule has 1 unspecified atom stereocenters. The van der Waals surface area contributed by atoms with Gasteiger partial charge in [-0.15, -0.1) is 0 Å². The highest BCUT2D eigenvalue weighted by Crippen LogP contribution is 2.17. The highest BCUT2D eigenvalue weighted by atomic mass is 16.5. The first-order chi connectivity index (χ1) is 12.6. The molecule has 2 aromatic rings. The molecule has 4 nitrogen and oxygen atoms in total. The lowest BCUT2D eigenvalue weighted by Gasteiger charge is -2.27. The molecular formula is C22H27NO3. The number of rotatable bonds is 8. The van der Waals surface area contributed by atoms with Crippen molar-refractivity contribution in [2.45, 2.75) is 33.7 Å². The molecule has 0 aliphatic carbocycles. The van der Waals surface area contributed by atoms with Crippen LogP contribution in [0.2, 0.25) is 0 Å². The topological polar surface area (TPSA) is 46.6 Å². The predicted molar refractivity (Wildman–Crippen MR) is 103 cm³/mol. The summed E-state index contributed by atoms with van der Waals surface area (Å²) < 4.78 is 5.18. The molecule has 4 heteroatoms. The quantitative estimate of drug-likeness (QED) is 0.667. The SMILES string of the molecule is CCOC(=O)C(CC)CN(Cc1ccccc1C)C(=O)c1ccccc1. The van der Waals surface area contributed by atoms with E-state index in [-0.39, 0.29) is 17.8 Å². The van der Waals surface area contributed by atoms with Gasteiger partial charge in [0.2, 0.25) is 0 Å². The minimum absolute atomic E-state index is 0.0726. The first kappa shape index (κ1) is 19.7. The molecule has 26 heavy (non-hydrogen) atoms. The van der Waals surface area contributed by atoms with Crippen LogP contribution in [-0.2, 0) is 16.1 Å². The van der Waals surface area contributed by atoms with E-state index < -0.39 is 0 Å². The maximum atomic E-state index is 13.1. The van der Waals surface area contributed by atoms with Crippen LogP contribution in [0.15, 0.2) is 54.6 Å². The average Bonchev–Trinajstić information content (AvgIpc) is 2.66. The summed E-state index contributed by atoms with van der Waals surface area (Å²) in [5, 5.41) is 0. The summed E-state index contributed by atoms with van der Waals surface area (Å²) in [6.45, 7) is 6.93. The minimum atomic E-state index is -0.327. The number of carbonyl (C=O) groups is 2. The first-order valence-electron chi connectivity index (χ1n) is 9.12. The van der Waals surface area contributed by atoms with Crippen LogP contribution in [0.1, 0.15) is 41.8 Å². The van der Waals surface area contributed by atoms with E-state index in [1.807, 2.05) is 56.3 Å². The Morgan fingerprint density at radius 3 is 2.27 bits per heavy atom. The Bertz CT molecular complexity index is 727. The van der Waals surface area contributed by atoms with E-state index in [0.29, 0.717) is 31.7 Å². The van der Waals surface area contributed by atoms with E-state index in [2.05, 4.69) is 0 Å². The third kappa shape index (κ3) is 5.19. The number of hydrogen-bond donors (Lipinski definition) is 0. The molecule has 1 amide bonds. The van der Waals surface area contributed by atoms with Crippen molar-refractivity contribution >= 4 is 11.9 Å². The Kier molecular flexibility index (Phi) is 7.39. The highest BCUT2D eigenvalue weighted by molar-refractivity contribution is 5.94. The zero-order chi connectivity index (χ0) is 18.9. The largest absolute Gasteiger partial charge is 0.466 e. The molecule has 0 bridgehead atoms. The van der Waals surface area contributed by atoms with E-state index in [4.69, 9.17) is 4.74 Å². The van der Waals surface area contributed by atoms with E-state index >= 15 is 0 Å². The second-order valence-corrected chi connectivity index (χ2v) is 6.34. The van der Waals surface area contributed by atoms with Crippen molar-refractivity contribution in [3.8, 4) is 0 Å². The van der Waals surface area contributed by atoms with Gasteiger partial charge in [-0.1, -0.05) is 49.4 Å². The normalized spacial score (nSPS) is 11.7. The van der Waals surface area contributed by atoms with Crippen molar-refractivity contribution in [1.82, 2.24) is 4.90 Å². The van der Waals surface area contributed by atoms with Gasteiger partial charge in [-0.25, -0.2) is 0 Å². The Morgan fingerprint density at radius 2 is 1.65 bits per heavy atom. The van der Waals surface area contributed by atoms with Gasteiger partial charge in [-0.05, 0) is 43.5 Å². The number of hydrogen-bond acceptors (Lipinski definition) is 3. The van der Waals surface area contributed by atoms with E-state index in [9.17, 15) is 9.59 Å². The molecule has 0 heterocycles. The number of nitrogens with zero attached hydrogens (tertiary/aromatic N) is 1. The van der Waals surface area contributed by atoms with Gasteiger partial charge in [0.05, 0.1) is 12.5 Å². The van der Waals surface area contributed by atoms with Gasteiger partial charge in [0.1, 0.15) is 0 Å². The van der Waals surface area contributed by atoms with Crippen molar-refractivity contribution in [3.05, 3.63) is 71.3 Å². The maximum absolute atomic E-state index is 13.1. The van der Waals surface area contributed by atoms with Crippen LogP contribution < -0.4 is 0 Å². The lowest BCUT2D eigenvalue weighted by molar-refractivity contribution is -0.148. The van der Waals surface area contributed by atoms with Gasteiger partial charge >= 0.3 is 5.97 Å². The van der Waals surface area contributed by atoms with Gasteiger partial charge in [-0.3, -0.25) is 9.59 Å². The smallest absolute Gasteiger partial charge is 0.310 e. The van der Waals surface area contributed by atoms with Crippen LogP contribution in [0.3, 0.4) is 0 Å². The summed E-state index contributed by atoms with van der Waals surface area (Å²) >= 11 is 0. The molecular weight excluding hydrogens is 326 g/mol. The fourth-order valence-electron chi connectivity index (χ4n) is 2.87. The number of aryl methyl sites for hydroxylation is 1. The van der Waals surface area contributed by atoms with Crippen molar-refractivity contribution in [2.75, 3.05) is 13.2 Å². The summed E-state index contributed by atoms with van der Waals surface area (Å²) in [6, 6.07) is 17.2. The number of carbonyl (C=O) groups excluding carboxylic acids is 2. The summed E-state index contributed by atoms with van der Waals surface area (Å²) in [6.07, 6.45) is 0.630. The third-order valence-electron chi connectivity index (χ3n) is 4.48. The monoisotopic (exact) mass is 353 g/mol. The van der Waals surface area contributed by atoms with Gasteiger partial charge in [0.15, 0.2) is 0 Å². The fraction of sp³-hybridized carbons (Fsp3) is 0.364. The fourth-order valence-corrected chi connectivity index (χ4v) is 2.87. The van der Waals surface area contributed by atoms with Crippen LogP contribution >= 0.6 is 0 Å². The molecule has 138 valence electrons. The standard InChI is InChI=1S/C22H27NO3/c1-4-18(22(25)26-5-2)15-23(16-20-14-10-9-11-17(20)3)21(24)19-12-7-6-8-13-19/h6-14,18H,4-5,15-16H2,1-3H3. The molecule has 0 spiro atoms. The van der Waals surface area contributed by atoms with Crippen LogP contribution in [0.25, 0.3) is 0 Å². The van der Waals surface area contributed by atoms with E-state index in [1.165, 1.54) is 0 Å². The second kappa shape index (κ2) is 9.76. The second-order valence-electron chi connectivity index (χ2n) is 6.34. The summed E-state index contributed by atoms with van der Waals surface area (Å²) in [7, 11) is 0. The van der Waals surface area contributed by atoms with E-state index in [0.717, 1.165) is 11.1 Å². The van der Waals surface area contributed by atoms with Crippen LogP contribution in [0.4, 0.5) is 0 Å². The Labute approximate surface area is 155 Å². The van der Waals surface area contributed by atoms with Crippen LogP contribution in [0.5, 0.6) is 0 Å². The Hall–Kier alpha value is -2.62. The molecule has 1 atom stereocenters. The maximum Gasteiger partial charge on any atom is 0.310 e. The molecule has 0 N–H and O–H groups in total. The number of amides is 1. The predicted octanol–water partition coefficient (Wildman–Crippen LogP) is 4.23. The van der Waals surface area contributed by atoms with Gasteiger partial charge in [0.25, 0.3) is 5.91 Å². The first-order valence-corrected chi connectivity index (χ1v) is 9.12. The van der Waals surface area contributed by atoms with Gasteiger partial charge < -0.3 is 9.64 Å². The Morgan fingerprint density at radius 1 is 1.00 bits per heavy atom. The van der Waals surface area contributed by atoms with E-state index in [1.54, 1.807) is 24.0 Å². The number of esters is 1. The minimum Gasteiger partial charge on any atom is -0.466 e. The molecule has 0 radical (unpaired) electrons. The molecule has 2 aromatic carbocycles. The zero-order valence-electron chi connectivity index (χ0n) is 15.8. The average molecular weight is 353 g/mol. The highest BCUT2D eigenvalue weighted by Gasteiger charge is 2.25. The summed E-state index contributed by atoms with van der Waals surface area (Å²) in [4.78, 5) is 27.0. The van der Waals surface area contributed by atoms with Gasteiger partial charge in [0, 0.05) is 18.7 Å². The molecule has 2 rings (SSSR count). The number of ether oxygens (including phenoxy) is 1. The number of benzene rings is 2. The summed E-state index contributed by atoms with van der Waals surface area (Å²) in [5.74, 6) is -0.645. The zero-order valence-corrected chi connectivity index (χ0v) is 15.8. The Balaban J connectivity index is 2.27. The molecule has 0 aromatic heterocycles. The van der Waals surface area contributed by atoms with Crippen molar-refractivity contribution in [2.24, 2.45) is 5.92 Å². The third-order valence-corrected chi connectivity index (χ3v) is 4.48. The van der Waals surface area contributed by atoms with Crippen LogP contribution in [-0.4, -0.2) is 29.9 Å². The lowest BCUT2D eigenvalue weighted by atomic mass is 10.0. The molecule has 0 saturated heterocycles. The molecule has 0 fully saturated rings. The summed E-state index contributed by atoms with van der Waals surface area (Å²) in [5.41, 5.74) is 2.83. The van der Waals surface area contributed by atoms with Crippen molar-refractivity contribution in [3.63, 3.8) is 0 Å². The van der Waals surface area contributed by atoms with Crippen molar-refractivity contribution < 1.29 is 14.3 Å².